The number of H-pyrrole nitrogens is 1. The molecule has 1 aromatic heterocycles. The number of nitrogens with one attached hydrogen (secondary N) is 1. The largest absolute Gasteiger partial charge is 0.468 e. The molecular formula is C22H19FN2O5S2. The van der Waals surface area contributed by atoms with Crippen LogP contribution >= 0.6 is 23.1 Å². The number of amides is 2. The Morgan fingerprint density at radius 1 is 1.16 bits per heavy atom. The SMILES string of the molecule is COC(=O)CN1C(=O)C2C3CC(C2C1=O)C1C(c2ccc(F)cc2)c2sc(=O)[nH]c2SC31. The Morgan fingerprint density at radius 3 is 2.53 bits per heavy atom. The number of rotatable bonds is 3. The van der Waals surface area contributed by atoms with Crippen molar-refractivity contribution in [2.45, 2.75) is 22.6 Å². The number of nitrogens with zero attached hydrogens (tertiary/aromatic N) is 1. The zero-order chi connectivity index (χ0) is 22.3. The molecular weight excluding hydrogens is 455 g/mol. The summed E-state index contributed by atoms with van der Waals surface area (Å²) < 4.78 is 18.3. The summed E-state index contributed by atoms with van der Waals surface area (Å²) in [5, 5.41) is 0.867. The number of thiazole rings is 1. The van der Waals surface area contributed by atoms with Crippen LogP contribution in [-0.2, 0) is 19.1 Å². The predicted molar refractivity (Wildman–Crippen MR) is 114 cm³/mol. The van der Waals surface area contributed by atoms with E-state index < -0.39 is 17.8 Å². The number of hydrogen-bond acceptors (Lipinski definition) is 7. The fraction of sp³-hybridized carbons (Fsp3) is 0.455. The van der Waals surface area contributed by atoms with E-state index in [-0.39, 0.29) is 58.0 Å². The second-order valence-electron chi connectivity index (χ2n) is 8.85. The Hall–Kier alpha value is -2.46. The van der Waals surface area contributed by atoms with Crippen molar-refractivity contribution < 1.29 is 23.5 Å². The zero-order valence-corrected chi connectivity index (χ0v) is 18.6. The predicted octanol–water partition coefficient (Wildman–Crippen LogP) is 2.22. The van der Waals surface area contributed by atoms with Crippen molar-refractivity contribution in [3.05, 3.63) is 50.2 Å². The maximum absolute atomic E-state index is 13.6. The van der Waals surface area contributed by atoms with E-state index in [2.05, 4.69) is 9.72 Å². The summed E-state index contributed by atoms with van der Waals surface area (Å²) in [6, 6.07) is 6.32. The molecule has 2 aromatic rings. The van der Waals surface area contributed by atoms with E-state index in [1.807, 2.05) is 0 Å². The molecule has 2 amide bonds. The van der Waals surface area contributed by atoms with Crippen molar-refractivity contribution >= 4 is 40.9 Å². The third kappa shape index (κ3) is 2.65. The first-order chi connectivity index (χ1) is 15.4. The fourth-order valence-corrected chi connectivity index (χ4v) is 9.36. The Morgan fingerprint density at radius 2 is 1.84 bits per heavy atom. The number of aromatic amines is 1. The molecule has 3 heterocycles. The van der Waals surface area contributed by atoms with Gasteiger partial charge in [-0.05, 0) is 41.9 Å². The highest BCUT2D eigenvalue weighted by atomic mass is 32.2. The van der Waals surface area contributed by atoms with Crippen LogP contribution in [0.3, 0.4) is 0 Å². The van der Waals surface area contributed by atoms with E-state index in [4.69, 9.17) is 0 Å². The lowest BCUT2D eigenvalue weighted by molar-refractivity contribution is -0.151. The molecule has 2 bridgehead atoms. The van der Waals surface area contributed by atoms with Gasteiger partial charge in [0, 0.05) is 16.0 Å². The smallest absolute Gasteiger partial charge is 0.325 e. The number of thioether (sulfide) groups is 1. The molecule has 1 N–H and O–H groups in total. The van der Waals surface area contributed by atoms with Crippen LogP contribution in [-0.4, -0.2) is 46.6 Å². The van der Waals surface area contributed by atoms with Crippen molar-refractivity contribution in [1.29, 1.82) is 0 Å². The van der Waals surface area contributed by atoms with Crippen LogP contribution in [0.5, 0.6) is 0 Å². The van der Waals surface area contributed by atoms with E-state index in [1.165, 1.54) is 19.2 Å². The molecule has 3 fully saturated rings. The number of fused-ring (bicyclic) bond motifs is 9. The zero-order valence-electron chi connectivity index (χ0n) is 16.9. The quantitative estimate of drug-likeness (QED) is 0.541. The molecule has 1 aromatic carbocycles. The summed E-state index contributed by atoms with van der Waals surface area (Å²) in [5.74, 6) is -2.59. The number of aromatic nitrogens is 1. The monoisotopic (exact) mass is 474 g/mol. The van der Waals surface area contributed by atoms with Gasteiger partial charge in [-0.2, -0.15) is 0 Å². The standard InChI is InChI=1S/C22H19FN2O5S2/c1-30-12(26)7-25-20(27)15-10-6-11(16(15)21(25)28)17-14(10)13(8-2-4-9(23)5-3-8)18-19(31-17)24-22(29)32-18/h2-5,10-11,13-17H,6-7H2,1H3,(H,24,29). The van der Waals surface area contributed by atoms with Crippen molar-refractivity contribution in [1.82, 2.24) is 9.88 Å². The average molecular weight is 475 g/mol. The third-order valence-corrected chi connectivity index (χ3v) is 10.1. The van der Waals surface area contributed by atoms with E-state index >= 15 is 0 Å². The number of halogens is 1. The molecule has 7 nitrogen and oxygen atoms in total. The number of ether oxygens (including phenoxy) is 1. The lowest BCUT2D eigenvalue weighted by atomic mass is 9.68. The molecule has 6 rings (SSSR count). The first kappa shape index (κ1) is 20.2. The number of imide groups is 1. The molecule has 166 valence electrons. The van der Waals surface area contributed by atoms with Gasteiger partial charge in [0.1, 0.15) is 12.4 Å². The van der Waals surface area contributed by atoms with Crippen LogP contribution in [0.25, 0.3) is 0 Å². The number of hydrogen-bond donors (Lipinski definition) is 1. The van der Waals surface area contributed by atoms with Gasteiger partial charge in [0.2, 0.25) is 11.8 Å². The van der Waals surface area contributed by atoms with Gasteiger partial charge in [-0.25, -0.2) is 4.39 Å². The van der Waals surface area contributed by atoms with Gasteiger partial charge in [0.05, 0.1) is 24.0 Å². The summed E-state index contributed by atoms with van der Waals surface area (Å²) in [6.07, 6.45) is 0.762. The summed E-state index contributed by atoms with van der Waals surface area (Å²) in [6.45, 7) is -0.356. The molecule has 32 heavy (non-hydrogen) atoms. The molecule has 1 saturated heterocycles. The van der Waals surface area contributed by atoms with E-state index in [9.17, 15) is 23.6 Å². The topological polar surface area (TPSA) is 96.5 Å². The van der Waals surface area contributed by atoms with E-state index in [0.717, 1.165) is 38.1 Å². The fourth-order valence-electron chi connectivity index (χ4n) is 6.47. The van der Waals surface area contributed by atoms with Gasteiger partial charge in [-0.1, -0.05) is 23.5 Å². The number of carbonyl (C=O) groups excluding carboxylic acids is 3. The second-order valence-corrected chi connectivity index (χ2v) is 11.1. The minimum atomic E-state index is -0.616. The number of esters is 1. The molecule has 7 atom stereocenters. The highest BCUT2D eigenvalue weighted by Crippen LogP contribution is 2.68. The van der Waals surface area contributed by atoms with Gasteiger partial charge in [-0.15, -0.1) is 11.8 Å². The van der Waals surface area contributed by atoms with Crippen molar-refractivity contribution in [3.63, 3.8) is 0 Å². The van der Waals surface area contributed by atoms with E-state index in [0.29, 0.717) is 0 Å². The molecule has 10 heteroatoms. The lowest BCUT2D eigenvalue weighted by Gasteiger charge is -2.43. The van der Waals surface area contributed by atoms with Gasteiger partial charge in [-0.3, -0.25) is 24.1 Å². The minimum Gasteiger partial charge on any atom is -0.468 e. The van der Waals surface area contributed by atoms with Crippen molar-refractivity contribution in [2.24, 2.45) is 29.6 Å². The van der Waals surface area contributed by atoms with Crippen molar-refractivity contribution in [3.8, 4) is 0 Å². The normalized spacial score (nSPS) is 34.4. The van der Waals surface area contributed by atoms with E-state index in [1.54, 1.807) is 23.9 Å². The first-order valence-electron chi connectivity index (χ1n) is 10.5. The molecule has 4 aliphatic rings. The maximum atomic E-state index is 13.6. The van der Waals surface area contributed by atoms with Crippen LogP contribution < -0.4 is 4.87 Å². The Labute approximate surface area is 190 Å². The Balaban J connectivity index is 1.42. The summed E-state index contributed by atoms with van der Waals surface area (Å²) >= 11 is 2.76. The van der Waals surface area contributed by atoms with Gasteiger partial charge < -0.3 is 9.72 Å². The molecule has 0 spiro atoms. The number of carbonyl (C=O) groups is 3. The van der Waals surface area contributed by atoms with Crippen molar-refractivity contribution in [2.75, 3.05) is 13.7 Å². The van der Waals surface area contributed by atoms with Gasteiger partial charge >= 0.3 is 10.8 Å². The molecule has 2 aliphatic carbocycles. The van der Waals surface area contributed by atoms with Gasteiger partial charge in [0.25, 0.3) is 0 Å². The van der Waals surface area contributed by atoms with Crippen LogP contribution in [0.1, 0.15) is 22.8 Å². The summed E-state index contributed by atoms with van der Waals surface area (Å²) in [7, 11) is 1.23. The average Bonchev–Trinajstić information content (AvgIpc) is 3.50. The van der Waals surface area contributed by atoms with Gasteiger partial charge in [0.15, 0.2) is 0 Å². The lowest BCUT2D eigenvalue weighted by Crippen LogP contribution is -2.42. The summed E-state index contributed by atoms with van der Waals surface area (Å²) in [4.78, 5) is 55.1. The molecule has 2 aliphatic heterocycles. The molecule has 0 radical (unpaired) electrons. The van der Waals surface area contributed by atoms with Crippen LogP contribution in [0.4, 0.5) is 4.39 Å². The molecule has 2 saturated carbocycles. The Bertz CT molecular complexity index is 1210. The van der Waals surface area contributed by atoms with Crippen LogP contribution in [0.15, 0.2) is 34.1 Å². The highest BCUT2D eigenvalue weighted by molar-refractivity contribution is 8.00. The Kier molecular flexibility index (Phi) is 4.42. The second kappa shape index (κ2) is 7.02. The highest BCUT2D eigenvalue weighted by Gasteiger charge is 2.69. The maximum Gasteiger partial charge on any atom is 0.325 e. The van der Waals surface area contributed by atoms with Crippen LogP contribution in [0, 0.1) is 35.4 Å². The number of likely N-dealkylation sites (tertiary alicyclic amines) is 1. The number of methoxy groups -OCH3 is 1. The minimum absolute atomic E-state index is 0.0152. The number of benzene rings is 1. The van der Waals surface area contributed by atoms with Crippen LogP contribution in [0.2, 0.25) is 0 Å². The third-order valence-electron chi connectivity index (χ3n) is 7.56. The molecule has 7 unspecified atom stereocenters. The first-order valence-corrected chi connectivity index (χ1v) is 12.2. The summed E-state index contributed by atoms with van der Waals surface area (Å²) in [5.41, 5.74) is 0.908.